The Hall–Kier alpha value is -0.910. The van der Waals surface area contributed by atoms with Crippen molar-refractivity contribution in [3.05, 3.63) is 28.2 Å². The number of hydrogen-bond donors (Lipinski definition) is 2. The van der Waals surface area contributed by atoms with Crippen molar-refractivity contribution in [3.63, 3.8) is 0 Å². The lowest BCUT2D eigenvalue weighted by atomic mass is 10.0. The first-order chi connectivity index (χ1) is 8.08. The monoisotopic (exact) mass is 298 g/mol. The predicted molar refractivity (Wildman–Crippen MR) is 69.8 cm³/mol. The van der Waals surface area contributed by atoms with Gasteiger partial charge in [0.2, 0.25) is 5.91 Å². The van der Waals surface area contributed by atoms with Crippen LogP contribution in [0.1, 0.15) is 5.56 Å². The second-order valence-electron chi connectivity index (χ2n) is 4.26. The van der Waals surface area contributed by atoms with E-state index in [0.717, 1.165) is 15.7 Å². The predicted octanol–water partition coefficient (Wildman–Crippen LogP) is 1.67. The summed E-state index contributed by atoms with van der Waals surface area (Å²) in [5.41, 5.74) is 7.69. The zero-order valence-corrected chi connectivity index (χ0v) is 11.2. The molecule has 17 heavy (non-hydrogen) atoms. The van der Waals surface area contributed by atoms with E-state index in [4.69, 9.17) is 10.5 Å². The van der Waals surface area contributed by atoms with Gasteiger partial charge in [0.05, 0.1) is 19.1 Å². The summed E-state index contributed by atoms with van der Waals surface area (Å²) in [6.45, 7) is 2.85. The molecule has 1 heterocycles. The van der Waals surface area contributed by atoms with Gasteiger partial charge in [0.15, 0.2) is 0 Å². The Morgan fingerprint density at radius 2 is 2.29 bits per heavy atom. The number of nitrogens with two attached hydrogens (primary N) is 1. The summed E-state index contributed by atoms with van der Waals surface area (Å²) >= 11 is 3.43. The lowest BCUT2D eigenvalue weighted by molar-refractivity contribution is -0.120. The maximum absolute atomic E-state index is 11.9. The van der Waals surface area contributed by atoms with E-state index in [9.17, 15) is 4.79 Å². The van der Waals surface area contributed by atoms with Gasteiger partial charge in [-0.1, -0.05) is 22.0 Å². The third-order valence-electron chi connectivity index (χ3n) is 2.90. The average molecular weight is 299 g/mol. The van der Waals surface area contributed by atoms with Crippen LogP contribution >= 0.6 is 15.9 Å². The van der Waals surface area contributed by atoms with Crippen molar-refractivity contribution >= 4 is 27.5 Å². The maximum Gasteiger partial charge on any atom is 0.231 e. The zero-order valence-electron chi connectivity index (χ0n) is 9.57. The van der Waals surface area contributed by atoms with Crippen LogP contribution in [0.4, 0.5) is 5.69 Å². The normalized spacial score (nSPS) is 23.7. The summed E-state index contributed by atoms with van der Waals surface area (Å²) in [7, 11) is 0. The molecule has 0 spiro atoms. The first kappa shape index (κ1) is 12.5. The Morgan fingerprint density at radius 3 is 2.88 bits per heavy atom. The topological polar surface area (TPSA) is 64.3 Å². The van der Waals surface area contributed by atoms with Crippen molar-refractivity contribution in [2.75, 3.05) is 18.5 Å². The molecule has 1 aliphatic heterocycles. The lowest BCUT2D eigenvalue weighted by Crippen LogP contribution is -2.37. The van der Waals surface area contributed by atoms with Gasteiger partial charge in [0.25, 0.3) is 0 Å². The Morgan fingerprint density at radius 1 is 1.53 bits per heavy atom. The van der Waals surface area contributed by atoms with Crippen LogP contribution in [0, 0.1) is 12.8 Å². The molecule has 2 atom stereocenters. The van der Waals surface area contributed by atoms with Gasteiger partial charge in [-0.2, -0.15) is 0 Å². The van der Waals surface area contributed by atoms with Crippen LogP contribution < -0.4 is 11.1 Å². The molecule has 92 valence electrons. The Balaban J connectivity index is 2.05. The van der Waals surface area contributed by atoms with Crippen LogP contribution in [0.2, 0.25) is 0 Å². The molecule has 0 saturated carbocycles. The molecule has 0 radical (unpaired) electrons. The van der Waals surface area contributed by atoms with E-state index in [-0.39, 0.29) is 17.9 Å². The molecule has 4 nitrogen and oxygen atoms in total. The first-order valence-corrected chi connectivity index (χ1v) is 6.27. The number of hydrogen-bond acceptors (Lipinski definition) is 3. The van der Waals surface area contributed by atoms with Crippen LogP contribution in [0.15, 0.2) is 22.7 Å². The van der Waals surface area contributed by atoms with Gasteiger partial charge in [-0.15, -0.1) is 0 Å². The molecule has 5 heteroatoms. The zero-order chi connectivity index (χ0) is 12.4. The number of anilines is 1. The summed E-state index contributed by atoms with van der Waals surface area (Å²) in [5.74, 6) is -0.333. The van der Waals surface area contributed by atoms with Crippen molar-refractivity contribution in [1.82, 2.24) is 0 Å². The van der Waals surface area contributed by atoms with Gasteiger partial charge < -0.3 is 15.8 Å². The van der Waals surface area contributed by atoms with Gasteiger partial charge in [0.1, 0.15) is 0 Å². The highest BCUT2D eigenvalue weighted by Gasteiger charge is 2.31. The van der Waals surface area contributed by atoms with Crippen LogP contribution in [0.5, 0.6) is 0 Å². The van der Waals surface area contributed by atoms with E-state index in [1.54, 1.807) is 0 Å². The fraction of sp³-hybridized carbons (Fsp3) is 0.417. The van der Waals surface area contributed by atoms with Crippen LogP contribution in [0.3, 0.4) is 0 Å². The highest BCUT2D eigenvalue weighted by molar-refractivity contribution is 9.10. The number of aryl methyl sites for hydroxylation is 1. The molecule has 3 N–H and O–H groups in total. The molecular formula is C12H15BrN2O2. The van der Waals surface area contributed by atoms with Crippen LogP contribution in [0.25, 0.3) is 0 Å². The molecule has 1 aliphatic rings. The van der Waals surface area contributed by atoms with Crippen molar-refractivity contribution in [2.24, 2.45) is 11.7 Å². The highest BCUT2D eigenvalue weighted by Crippen LogP contribution is 2.22. The van der Waals surface area contributed by atoms with E-state index >= 15 is 0 Å². The van der Waals surface area contributed by atoms with Gasteiger partial charge in [-0.3, -0.25) is 4.79 Å². The molecule has 1 aromatic rings. The summed E-state index contributed by atoms with van der Waals surface area (Å²) < 4.78 is 6.15. The van der Waals surface area contributed by atoms with Crippen LogP contribution in [-0.2, 0) is 9.53 Å². The molecule has 0 aromatic heterocycles. The minimum absolute atomic E-state index is 0.0780. The Bertz CT molecular complexity index is 437. The third kappa shape index (κ3) is 2.86. The molecule has 1 saturated heterocycles. The number of benzene rings is 1. The smallest absolute Gasteiger partial charge is 0.231 e. The number of carbonyl (C=O) groups excluding carboxylic acids is 1. The molecule has 1 amide bonds. The molecule has 1 fully saturated rings. The molecule has 0 aliphatic carbocycles. The minimum atomic E-state index is -0.255. The van der Waals surface area contributed by atoms with Crippen molar-refractivity contribution in [3.8, 4) is 0 Å². The molecular weight excluding hydrogens is 284 g/mol. The largest absolute Gasteiger partial charge is 0.379 e. The average Bonchev–Trinajstić information content (AvgIpc) is 2.70. The summed E-state index contributed by atoms with van der Waals surface area (Å²) in [6.07, 6.45) is 0. The van der Waals surface area contributed by atoms with E-state index in [2.05, 4.69) is 21.2 Å². The standard InChI is InChI=1S/C12H15BrN2O2/c1-7-2-3-8(4-10(7)13)15-12(16)9-5-17-6-11(9)14/h2-4,9,11H,5-6,14H2,1H3,(H,15,16). The van der Waals surface area contributed by atoms with Crippen LogP contribution in [-0.4, -0.2) is 25.2 Å². The SMILES string of the molecule is Cc1ccc(NC(=O)C2COCC2N)cc1Br. The number of halogens is 1. The van der Waals surface area contributed by atoms with E-state index < -0.39 is 0 Å². The second-order valence-corrected chi connectivity index (χ2v) is 5.12. The lowest BCUT2D eigenvalue weighted by Gasteiger charge is -2.13. The highest BCUT2D eigenvalue weighted by atomic mass is 79.9. The molecule has 2 rings (SSSR count). The third-order valence-corrected chi connectivity index (χ3v) is 3.76. The fourth-order valence-corrected chi connectivity index (χ4v) is 2.13. The van der Waals surface area contributed by atoms with E-state index in [1.807, 2.05) is 25.1 Å². The summed E-state index contributed by atoms with van der Waals surface area (Å²) in [4.78, 5) is 11.9. The van der Waals surface area contributed by atoms with Gasteiger partial charge in [0, 0.05) is 16.2 Å². The molecule has 1 aromatic carbocycles. The molecule has 2 unspecified atom stereocenters. The number of ether oxygens (including phenoxy) is 1. The van der Waals surface area contributed by atoms with E-state index in [1.165, 1.54) is 0 Å². The Labute approximate surface area is 109 Å². The summed E-state index contributed by atoms with van der Waals surface area (Å²) in [6, 6.07) is 5.50. The van der Waals surface area contributed by atoms with E-state index in [0.29, 0.717) is 13.2 Å². The van der Waals surface area contributed by atoms with Gasteiger partial charge >= 0.3 is 0 Å². The number of carbonyl (C=O) groups is 1. The number of rotatable bonds is 2. The Kier molecular flexibility index (Phi) is 3.81. The number of amides is 1. The van der Waals surface area contributed by atoms with Crippen molar-refractivity contribution in [2.45, 2.75) is 13.0 Å². The second kappa shape index (κ2) is 5.16. The van der Waals surface area contributed by atoms with Gasteiger partial charge in [-0.25, -0.2) is 0 Å². The van der Waals surface area contributed by atoms with Crippen molar-refractivity contribution < 1.29 is 9.53 Å². The minimum Gasteiger partial charge on any atom is -0.379 e. The summed E-state index contributed by atoms with van der Waals surface area (Å²) in [5, 5.41) is 2.85. The van der Waals surface area contributed by atoms with Crippen molar-refractivity contribution in [1.29, 1.82) is 0 Å². The number of nitrogens with one attached hydrogen (secondary N) is 1. The van der Waals surface area contributed by atoms with Gasteiger partial charge in [-0.05, 0) is 24.6 Å². The maximum atomic E-state index is 11.9. The first-order valence-electron chi connectivity index (χ1n) is 5.48. The molecule has 0 bridgehead atoms. The quantitative estimate of drug-likeness (QED) is 0.873. The fourth-order valence-electron chi connectivity index (χ4n) is 1.75.